The lowest BCUT2D eigenvalue weighted by atomic mass is 10.1. The molecular formula is C16H14Cl2N2. The second-order valence-corrected chi connectivity index (χ2v) is 5.57. The highest BCUT2D eigenvalue weighted by atomic mass is 35.5. The van der Waals surface area contributed by atoms with Crippen molar-refractivity contribution < 1.29 is 0 Å². The summed E-state index contributed by atoms with van der Waals surface area (Å²) in [6, 6.07) is 14.0. The normalized spacial score (nSPS) is 11.2. The van der Waals surface area contributed by atoms with Crippen molar-refractivity contribution in [3.63, 3.8) is 0 Å². The van der Waals surface area contributed by atoms with Gasteiger partial charge in [-0.15, -0.1) is 0 Å². The van der Waals surface area contributed by atoms with Gasteiger partial charge in [0, 0.05) is 19.3 Å². The SMILES string of the molecule is NCc1cccc2ccn(Cc3ccc(Cl)c(Cl)c3)c12. The van der Waals surface area contributed by atoms with E-state index in [-0.39, 0.29) is 0 Å². The molecule has 0 atom stereocenters. The van der Waals surface area contributed by atoms with Crippen molar-refractivity contribution in [2.45, 2.75) is 13.1 Å². The van der Waals surface area contributed by atoms with Crippen molar-refractivity contribution in [2.24, 2.45) is 5.73 Å². The number of rotatable bonds is 3. The summed E-state index contributed by atoms with van der Waals surface area (Å²) in [5, 5.41) is 2.36. The summed E-state index contributed by atoms with van der Waals surface area (Å²) >= 11 is 12.0. The fourth-order valence-corrected chi connectivity index (χ4v) is 2.79. The van der Waals surface area contributed by atoms with Crippen LogP contribution in [0.5, 0.6) is 0 Å². The van der Waals surface area contributed by atoms with E-state index in [4.69, 9.17) is 28.9 Å². The molecule has 0 amide bonds. The first kappa shape index (κ1) is 13.5. The van der Waals surface area contributed by atoms with Gasteiger partial charge in [0.2, 0.25) is 0 Å². The van der Waals surface area contributed by atoms with Crippen molar-refractivity contribution >= 4 is 34.1 Å². The van der Waals surface area contributed by atoms with E-state index in [9.17, 15) is 0 Å². The average Bonchev–Trinajstić information content (AvgIpc) is 2.86. The maximum atomic E-state index is 6.07. The van der Waals surface area contributed by atoms with Crippen LogP contribution < -0.4 is 5.73 Å². The van der Waals surface area contributed by atoms with Crippen LogP contribution in [0.15, 0.2) is 48.7 Å². The second-order valence-electron chi connectivity index (χ2n) is 4.75. The Hall–Kier alpha value is -1.48. The molecule has 0 saturated heterocycles. The highest BCUT2D eigenvalue weighted by Gasteiger charge is 2.07. The van der Waals surface area contributed by atoms with Gasteiger partial charge in [0.15, 0.2) is 0 Å². The molecule has 3 aromatic rings. The van der Waals surface area contributed by atoms with Crippen LogP contribution >= 0.6 is 23.2 Å². The molecule has 2 N–H and O–H groups in total. The van der Waals surface area contributed by atoms with Crippen LogP contribution in [0.2, 0.25) is 10.0 Å². The Kier molecular flexibility index (Phi) is 3.70. The number of hydrogen-bond donors (Lipinski definition) is 1. The Morgan fingerprint density at radius 1 is 1.00 bits per heavy atom. The summed E-state index contributed by atoms with van der Waals surface area (Å²) in [6.07, 6.45) is 2.08. The molecule has 0 saturated carbocycles. The number of nitrogens with zero attached hydrogens (tertiary/aromatic N) is 1. The quantitative estimate of drug-likeness (QED) is 0.761. The summed E-state index contributed by atoms with van der Waals surface area (Å²) in [6.45, 7) is 1.28. The van der Waals surface area contributed by atoms with Crippen LogP contribution in [0.25, 0.3) is 10.9 Å². The number of benzene rings is 2. The molecule has 0 aliphatic heterocycles. The third-order valence-corrected chi connectivity index (χ3v) is 4.17. The third kappa shape index (κ3) is 2.42. The monoisotopic (exact) mass is 304 g/mol. The van der Waals surface area contributed by atoms with Gasteiger partial charge in [-0.3, -0.25) is 0 Å². The molecule has 0 unspecified atom stereocenters. The summed E-state index contributed by atoms with van der Waals surface area (Å²) < 4.78 is 2.19. The largest absolute Gasteiger partial charge is 0.343 e. The van der Waals surface area contributed by atoms with Gasteiger partial charge in [0.1, 0.15) is 0 Å². The van der Waals surface area contributed by atoms with Gasteiger partial charge in [0.25, 0.3) is 0 Å². The molecule has 0 fully saturated rings. The van der Waals surface area contributed by atoms with Crippen molar-refractivity contribution in [2.75, 3.05) is 0 Å². The number of nitrogens with two attached hydrogens (primary N) is 1. The number of para-hydroxylation sites is 1. The van der Waals surface area contributed by atoms with E-state index >= 15 is 0 Å². The molecule has 20 heavy (non-hydrogen) atoms. The molecule has 1 aromatic heterocycles. The fourth-order valence-electron chi connectivity index (χ4n) is 2.47. The smallest absolute Gasteiger partial charge is 0.0595 e. The van der Waals surface area contributed by atoms with E-state index in [2.05, 4.69) is 29.0 Å². The zero-order chi connectivity index (χ0) is 14.1. The topological polar surface area (TPSA) is 30.9 Å². The van der Waals surface area contributed by atoms with Crippen LogP contribution in [0.3, 0.4) is 0 Å². The summed E-state index contributed by atoms with van der Waals surface area (Å²) in [5.41, 5.74) is 9.27. The first-order valence-electron chi connectivity index (χ1n) is 6.40. The maximum Gasteiger partial charge on any atom is 0.0595 e. The summed E-state index contributed by atoms with van der Waals surface area (Å²) in [5.74, 6) is 0. The van der Waals surface area contributed by atoms with Gasteiger partial charge in [-0.1, -0.05) is 47.5 Å². The highest BCUT2D eigenvalue weighted by Crippen LogP contribution is 2.25. The molecule has 0 aliphatic carbocycles. The van der Waals surface area contributed by atoms with Crippen LogP contribution in [0.4, 0.5) is 0 Å². The zero-order valence-electron chi connectivity index (χ0n) is 10.8. The molecule has 1 heterocycles. The Labute approximate surface area is 127 Å². The Morgan fingerprint density at radius 2 is 1.85 bits per heavy atom. The van der Waals surface area contributed by atoms with E-state index in [1.54, 1.807) is 0 Å². The fraction of sp³-hybridized carbons (Fsp3) is 0.125. The molecule has 102 valence electrons. The minimum atomic E-state index is 0.530. The van der Waals surface area contributed by atoms with E-state index < -0.39 is 0 Å². The summed E-state index contributed by atoms with van der Waals surface area (Å²) in [4.78, 5) is 0. The number of hydrogen-bond acceptors (Lipinski definition) is 1. The lowest BCUT2D eigenvalue weighted by molar-refractivity contribution is 0.830. The predicted molar refractivity (Wildman–Crippen MR) is 85.4 cm³/mol. The molecule has 0 bridgehead atoms. The Balaban J connectivity index is 2.04. The molecule has 2 aromatic carbocycles. The van der Waals surface area contributed by atoms with Gasteiger partial charge in [0.05, 0.1) is 15.6 Å². The van der Waals surface area contributed by atoms with Crippen LogP contribution in [0.1, 0.15) is 11.1 Å². The highest BCUT2D eigenvalue weighted by molar-refractivity contribution is 6.42. The molecule has 0 radical (unpaired) electrons. The molecule has 0 aliphatic rings. The van der Waals surface area contributed by atoms with Crippen molar-refractivity contribution in [3.05, 3.63) is 69.8 Å². The molecule has 3 rings (SSSR count). The van der Waals surface area contributed by atoms with E-state index in [0.717, 1.165) is 17.7 Å². The molecular weight excluding hydrogens is 291 g/mol. The second kappa shape index (κ2) is 5.49. The van der Waals surface area contributed by atoms with Gasteiger partial charge >= 0.3 is 0 Å². The predicted octanol–water partition coefficient (Wildman–Crippen LogP) is 4.46. The van der Waals surface area contributed by atoms with Gasteiger partial charge in [-0.25, -0.2) is 0 Å². The minimum Gasteiger partial charge on any atom is -0.343 e. The van der Waals surface area contributed by atoms with E-state index in [1.165, 1.54) is 10.9 Å². The third-order valence-electron chi connectivity index (χ3n) is 3.43. The molecule has 2 nitrogen and oxygen atoms in total. The van der Waals surface area contributed by atoms with Crippen molar-refractivity contribution in [1.29, 1.82) is 0 Å². The van der Waals surface area contributed by atoms with Crippen LogP contribution in [0, 0.1) is 0 Å². The molecule has 0 spiro atoms. The number of fused-ring (bicyclic) bond motifs is 1. The van der Waals surface area contributed by atoms with Gasteiger partial charge in [-0.05, 0) is 34.7 Å². The Morgan fingerprint density at radius 3 is 2.60 bits per heavy atom. The summed E-state index contributed by atoms with van der Waals surface area (Å²) in [7, 11) is 0. The van der Waals surface area contributed by atoms with Crippen molar-refractivity contribution in [3.8, 4) is 0 Å². The van der Waals surface area contributed by atoms with Crippen LogP contribution in [-0.4, -0.2) is 4.57 Å². The van der Waals surface area contributed by atoms with Crippen LogP contribution in [-0.2, 0) is 13.1 Å². The van der Waals surface area contributed by atoms with E-state index in [0.29, 0.717) is 16.6 Å². The standard InChI is InChI=1S/C16H14Cl2N2/c17-14-5-4-11(8-15(14)18)10-20-7-6-12-2-1-3-13(9-19)16(12)20/h1-8H,9-10,19H2. The number of aromatic nitrogens is 1. The van der Waals surface area contributed by atoms with Gasteiger partial charge in [-0.2, -0.15) is 0 Å². The van der Waals surface area contributed by atoms with E-state index in [1.807, 2.05) is 24.3 Å². The lowest BCUT2D eigenvalue weighted by Crippen LogP contribution is -2.03. The minimum absolute atomic E-state index is 0.530. The average molecular weight is 305 g/mol. The first-order chi connectivity index (χ1) is 9.69. The lowest BCUT2D eigenvalue weighted by Gasteiger charge is -2.09. The van der Waals surface area contributed by atoms with Gasteiger partial charge < -0.3 is 10.3 Å². The number of halogens is 2. The zero-order valence-corrected chi connectivity index (χ0v) is 12.3. The van der Waals surface area contributed by atoms with Crippen molar-refractivity contribution in [1.82, 2.24) is 4.57 Å². The maximum absolute atomic E-state index is 6.07. The molecule has 4 heteroatoms. The first-order valence-corrected chi connectivity index (χ1v) is 7.15. The Bertz CT molecular complexity index is 762.